The van der Waals surface area contributed by atoms with E-state index in [1.165, 1.54) is 36.0 Å². The predicted molar refractivity (Wildman–Crippen MR) is 124 cm³/mol. The number of hydrogen-bond donors (Lipinski definition) is 2. The van der Waals surface area contributed by atoms with Crippen molar-refractivity contribution < 1.29 is 19.2 Å². The van der Waals surface area contributed by atoms with Crippen molar-refractivity contribution in [1.29, 1.82) is 0 Å². The summed E-state index contributed by atoms with van der Waals surface area (Å²) in [5.74, 6) is 0.0119. The molecular formula is C23H21N3O5S. The maximum absolute atomic E-state index is 12.6. The summed E-state index contributed by atoms with van der Waals surface area (Å²) >= 11 is 1.35. The molecule has 0 heterocycles. The second kappa shape index (κ2) is 10.5. The maximum atomic E-state index is 12.6. The van der Waals surface area contributed by atoms with Crippen molar-refractivity contribution in [1.82, 2.24) is 0 Å². The highest BCUT2D eigenvalue weighted by molar-refractivity contribution is 8.00. The van der Waals surface area contributed by atoms with Gasteiger partial charge in [0.1, 0.15) is 5.75 Å². The fraction of sp³-hybridized carbons (Fsp3) is 0.130. The Morgan fingerprint density at radius 1 is 1.00 bits per heavy atom. The first kappa shape index (κ1) is 22.8. The minimum absolute atomic E-state index is 0.0830. The summed E-state index contributed by atoms with van der Waals surface area (Å²) in [7, 11) is 1.54. The number of benzene rings is 3. The summed E-state index contributed by atoms with van der Waals surface area (Å²) < 4.78 is 5.26. The molecule has 9 heteroatoms. The van der Waals surface area contributed by atoms with Gasteiger partial charge in [-0.25, -0.2) is 0 Å². The lowest BCUT2D eigenvalue weighted by Gasteiger charge is -2.14. The third-order valence-corrected chi connectivity index (χ3v) is 5.57. The van der Waals surface area contributed by atoms with Gasteiger partial charge in [-0.15, -0.1) is 11.8 Å². The average Bonchev–Trinajstić information content (AvgIpc) is 2.79. The summed E-state index contributed by atoms with van der Waals surface area (Å²) in [5, 5.41) is 16.0. The van der Waals surface area contributed by atoms with Crippen molar-refractivity contribution in [2.24, 2.45) is 0 Å². The zero-order valence-electron chi connectivity index (χ0n) is 17.4. The van der Waals surface area contributed by atoms with E-state index in [-0.39, 0.29) is 17.5 Å². The Balaban J connectivity index is 1.63. The van der Waals surface area contributed by atoms with Crippen molar-refractivity contribution in [3.8, 4) is 5.75 Å². The summed E-state index contributed by atoms with van der Waals surface area (Å²) in [4.78, 5) is 36.1. The molecule has 8 nitrogen and oxygen atoms in total. The molecular weight excluding hydrogens is 430 g/mol. The number of carbonyl (C=O) groups is 2. The molecule has 0 spiro atoms. The largest absolute Gasteiger partial charge is 0.495 e. The summed E-state index contributed by atoms with van der Waals surface area (Å²) in [6.07, 6.45) is 0. The molecule has 1 unspecified atom stereocenters. The van der Waals surface area contributed by atoms with Gasteiger partial charge in [0.15, 0.2) is 0 Å². The number of nitrogens with one attached hydrogen (secondary N) is 2. The number of amides is 2. The molecule has 3 aromatic rings. The standard InChI is InChI=1S/C23H21N3O5S/c1-15(22(27)25-20-8-3-4-9-21(20)31-2)32-19-7-5-6-17(14-19)24-23(28)16-10-12-18(13-11-16)26(29)30/h3-15H,1-2H3,(H,24,28)(H,25,27). The third-order valence-electron chi connectivity index (χ3n) is 4.48. The lowest BCUT2D eigenvalue weighted by atomic mass is 10.2. The van der Waals surface area contributed by atoms with Gasteiger partial charge in [0, 0.05) is 28.3 Å². The van der Waals surface area contributed by atoms with Gasteiger partial charge in [0.25, 0.3) is 11.6 Å². The van der Waals surface area contributed by atoms with Crippen LogP contribution in [0.2, 0.25) is 0 Å². The smallest absolute Gasteiger partial charge is 0.269 e. The summed E-state index contributed by atoms with van der Waals surface area (Å²) in [5.41, 5.74) is 1.37. The van der Waals surface area contributed by atoms with Crippen LogP contribution in [0.4, 0.5) is 17.1 Å². The molecule has 2 N–H and O–H groups in total. The van der Waals surface area contributed by atoms with Gasteiger partial charge in [0.2, 0.25) is 5.91 Å². The minimum atomic E-state index is -0.520. The SMILES string of the molecule is COc1ccccc1NC(=O)C(C)Sc1cccc(NC(=O)c2ccc([N+](=O)[O-])cc2)c1. The van der Waals surface area contributed by atoms with E-state index in [4.69, 9.17) is 4.74 Å². The van der Waals surface area contributed by atoms with Gasteiger partial charge in [-0.1, -0.05) is 18.2 Å². The number of nitro groups is 1. The van der Waals surface area contributed by atoms with E-state index in [1.807, 2.05) is 18.2 Å². The zero-order valence-corrected chi connectivity index (χ0v) is 18.2. The molecule has 3 aromatic carbocycles. The number of ether oxygens (including phenoxy) is 1. The van der Waals surface area contributed by atoms with Crippen LogP contribution in [0.15, 0.2) is 77.7 Å². The maximum Gasteiger partial charge on any atom is 0.269 e. The van der Waals surface area contributed by atoms with Crippen LogP contribution in [0.1, 0.15) is 17.3 Å². The Labute approximate surface area is 189 Å². The summed E-state index contributed by atoms with van der Waals surface area (Å²) in [6, 6.07) is 19.6. The molecule has 0 saturated heterocycles. The van der Waals surface area contributed by atoms with Crippen molar-refractivity contribution >= 4 is 40.6 Å². The van der Waals surface area contributed by atoms with Gasteiger partial charge >= 0.3 is 0 Å². The molecule has 164 valence electrons. The summed E-state index contributed by atoms with van der Waals surface area (Å²) in [6.45, 7) is 1.79. The van der Waals surface area contributed by atoms with E-state index < -0.39 is 10.2 Å². The number of para-hydroxylation sites is 2. The van der Waals surface area contributed by atoms with E-state index in [2.05, 4.69) is 10.6 Å². The van der Waals surface area contributed by atoms with Gasteiger partial charge < -0.3 is 15.4 Å². The molecule has 32 heavy (non-hydrogen) atoms. The molecule has 0 radical (unpaired) electrons. The molecule has 0 fully saturated rings. The predicted octanol–water partition coefficient (Wildman–Crippen LogP) is 4.98. The number of rotatable bonds is 8. The Hall–Kier alpha value is -3.85. The Bertz CT molecular complexity index is 1130. The fourth-order valence-corrected chi connectivity index (χ4v) is 3.75. The van der Waals surface area contributed by atoms with Crippen LogP contribution in [-0.2, 0) is 4.79 Å². The molecule has 0 aromatic heterocycles. The van der Waals surface area contributed by atoms with Gasteiger partial charge in [-0.2, -0.15) is 0 Å². The highest BCUT2D eigenvalue weighted by Crippen LogP contribution is 2.29. The Morgan fingerprint density at radius 2 is 1.72 bits per heavy atom. The topological polar surface area (TPSA) is 111 Å². The molecule has 0 bridgehead atoms. The van der Waals surface area contributed by atoms with Gasteiger partial charge in [-0.05, 0) is 49.4 Å². The molecule has 1 atom stereocenters. The second-order valence-corrected chi connectivity index (χ2v) is 8.15. The number of thioether (sulfide) groups is 1. The number of nitrogens with zero attached hydrogens (tertiary/aromatic N) is 1. The van der Waals surface area contributed by atoms with Crippen LogP contribution in [0, 0.1) is 10.1 Å². The molecule has 3 rings (SSSR count). The van der Waals surface area contributed by atoms with Crippen LogP contribution in [-0.4, -0.2) is 29.1 Å². The van der Waals surface area contributed by atoms with Crippen LogP contribution < -0.4 is 15.4 Å². The lowest BCUT2D eigenvalue weighted by molar-refractivity contribution is -0.384. The van der Waals surface area contributed by atoms with Crippen molar-refractivity contribution in [2.75, 3.05) is 17.7 Å². The molecule has 0 aliphatic carbocycles. The first-order valence-corrected chi connectivity index (χ1v) is 10.5. The first-order valence-electron chi connectivity index (χ1n) is 9.64. The molecule has 0 aliphatic heterocycles. The third kappa shape index (κ3) is 5.86. The van der Waals surface area contributed by atoms with Gasteiger partial charge in [-0.3, -0.25) is 19.7 Å². The number of methoxy groups -OCH3 is 1. The Kier molecular flexibility index (Phi) is 7.45. The number of nitro benzene ring substituents is 1. The van der Waals surface area contributed by atoms with E-state index in [0.717, 1.165) is 4.90 Å². The monoisotopic (exact) mass is 451 g/mol. The van der Waals surface area contributed by atoms with Crippen LogP contribution in [0.25, 0.3) is 0 Å². The van der Waals surface area contributed by atoms with E-state index in [0.29, 0.717) is 22.7 Å². The second-order valence-electron chi connectivity index (χ2n) is 6.74. The number of anilines is 2. The van der Waals surface area contributed by atoms with Crippen molar-refractivity contribution in [3.63, 3.8) is 0 Å². The van der Waals surface area contributed by atoms with E-state index >= 15 is 0 Å². The number of carbonyl (C=O) groups excluding carboxylic acids is 2. The normalized spacial score (nSPS) is 11.3. The van der Waals surface area contributed by atoms with E-state index in [1.54, 1.807) is 44.4 Å². The fourth-order valence-electron chi connectivity index (χ4n) is 2.82. The highest BCUT2D eigenvalue weighted by Gasteiger charge is 2.17. The lowest BCUT2D eigenvalue weighted by Crippen LogP contribution is -2.22. The first-order chi connectivity index (χ1) is 15.4. The Morgan fingerprint density at radius 3 is 2.41 bits per heavy atom. The molecule has 2 amide bonds. The van der Waals surface area contributed by atoms with Crippen LogP contribution >= 0.6 is 11.8 Å². The van der Waals surface area contributed by atoms with E-state index in [9.17, 15) is 19.7 Å². The quantitative estimate of drug-likeness (QED) is 0.284. The zero-order chi connectivity index (χ0) is 23.1. The average molecular weight is 452 g/mol. The minimum Gasteiger partial charge on any atom is -0.495 e. The van der Waals surface area contributed by atoms with Crippen molar-refractivity contribution in [2.45, 2.75) is 17.1 Å². The molecule has 0 saturated carbocycles. The van der Waals surface area contributed by atoms with Crippen LogP contribution in [0.5, 0.6) is 5.75 Å². The highest BCUT2D eigenvalue weighted by atomic mass is 32.2. The van der Waals surface area contributed by atoms with Crippen LogP contribution in [0.3, 0.4) is 0 Å². The number of hydrogen-bond acceptors (Lipinski definition) is 6. The number of non-ortho nitro benzene ring substituents is 1. The van der Waals surface area contributed by atoms with Crippen molar-refractivity contribution in [3.05, 3.63) is 88.5 Å². The van der Waals surface area contributed by atoms with Gasteiger partial charge in [0.05, 0.1) is 23.0 Å². The molecule has 0 aliphatic rings.